The van der Waals surface area contributed by atoms with Crippen LogP contribution in [0.3, 0.4) is 0 Å². The Balaban J connectivity index is 1.78. The zero-order valence-electron chi connectivity index (χ0n) is 14.5. The molecule has 1 N–H and O–H groups in total. The Labute approximate surface area is 160 Å². The van der Waals surface area contributed by atoms with E-state index in [1.54, 1.807) is 18.2 Å². The van der Waals surface area contributed by atoms with Gasteiger partial charge in [-0.25, -0.2) is 4.79 Å². The maximum Gasteiger partial charge on any atom is 0.337 e. The van der Waals surface area contributed by atoms with Gasteiger partial charge in [0.25, 0.3) is 5.69 Å². The molecule has 0 spiro atoms. The fourth-order valence-corrected chi connectivity index (χ4v) is 4.27. The second-order valence-corrected chi connectivity index (χ2v) is 7.14. The summed E-state index contributed by atoms with van der Waals surface area (Å²) in [5, 5.41) is 15.2. The molecule has 0 unspecified atom stereocenters. The van der Waals surface area contributed by atoms with E-state index in [1.807, 2.05) is 12.1 Å². The number of nitro groups is 1. The predicted molar refractivity (Wildman–Crippen MR) is 102 cm³/mol. The molecule has 1 heterocycles. The van der Waals surface area contributed by atoms with Crippen molar-refractivity contribution in [1.82, 2.24) is 0 Å². The van der Waals surface area contributed by atoms with Gasteiger partial charge in [-0.15, -0.1) is 0 Å². The predicted octanol–water partition coefficient (Wildman–Crippen LogP) is 4.86. The minimum Gasteiger partial charge on any atom is -0.465 e. The summed E-state index contributed by atoms with van der Waals surface area (Å²) in [5.41, 5.74) is 3.15. The Kier molecular flexibility index (Phi) is 4.36. The van der Waals surface area contributed by atoms with Crippen molar-refractivity contribution in [2.45, 2.75) is 18.4 Å². The van der Waals surface area contributed by atoms with Crippen LogP contribution in [0.15, 0.2) is 48.6 Å². The molecule has 2 aromatic rings. The van der Waals surface area contributed by atoms with Gasteiger partial charge in [0.2, 0.25) is 0 Å². The van der Waals surface area contributed by atoms with E-state index in [2.05, 4.69) is 17.5 Å². The molecule has 0 saturated carbocycles. The average Bonchev–Trinajstić information content (AvgIpc) is 3.17. The third-order valence-electron chi connectivity index (χ3n) is 5.31. The first-order valence-corrected chi connectivity index (χ1v) is 8.96. The number of non-ortho nitro benzene ring substituents is 1. The highest BCUT2D eigenvalue weighted by atomic mass is 35.5. The van der Waals surface area contributed by atoms with Crippen LogP contribution < -0.4 is 5.32 Å². The van der Waals surface area contributed by atoms with E-state index in [0.717, 1.165) is 17.7 Å². The highest BCUT2D eigenvalue weighted by Crippen LogP contribution is 2.51. The molecular weight excluding hydrogens is 368 g/mol. The molecule has 1 aliphatic heterocycles. The summed E-state index contributed by atoms with van der Waals surface area (Å²) < 4.78 is 4.82. The second-order valence-electron chi connectivity index (χ2n) is 6.73. The van der Waals surface area contributed by atoms with E-state index in [-0.39, 0.29) is 29.5 Å². The highest BCUT2D eigenvalue weighted by Gasteiger charge is 2.39. The molecule has 138 valence electrons. The maximum atomic E-state index is 11.9. The van der Waals surface area contributed by atoms with E-state index >= 15 is 0 Å². The van der Waals surface area contributed by atoms with Gasteiger partial charge in [-0.05, 0) is 42.2 Å². The van der Waals surface area contributed by atoms with Crippen molar-refractivity contribution in [3.8, 4) is 0 Å². The van der Waals surface area contributed by atoms with Gasteiger partial charge in [0.1, 0.15) is 0 Å². The Morgan fingerprint density at radius 2 is 2.07 bits per heavy atom. The van der Waals surface area contributed by atoms with E-state index < -0.39 is 4.92 Å². The van der Waals surface area contributed by atoms with Crippen LogP contribution in [-0.4, -0.2) is 18.0 Å². The molecule has 0 radical (unpaired) electrons. The number of carbonyl (C=O) groups excluding carboxylic acids is 1. The smallest absolute Gasteiger partial charge is 0.337 e. The standard InChI is InChI=1S/C20H17ClN2O4/c1-27-20(24)11-5-8-18-15(9-11)13-3-2-4-14(13)19(22-18)16-10-12(23(25)26)6-7-17(16)21/h2-3,5-10,13-14,19,22H,4H2,1H3/t13-,14+,19+/m1/s1. The molecule has 2 aromatic carbocycles. The number of hydrogen-bond donors (Lipinski definition) is 1. The van der Waals surface area contributed by atoms with Crippen LogP contribution in [0.25, 0.3) is 0 Å². The van der Waals surface area contributed by atoms with Crippen molar-refractivity contribution >= 4 is 28.9 Å². The average molecular weight is 385 g/mol. The molecule has 0 amide bonds. The number of anilines is 1. The van der Waals surface area contributed by atoms with E-state index in [9.17, 15) is 14.9 Å². The van der Waals surface area contributed by atoms with Gasteiger partial charge in [0, 0.05) is 34.3 Å². The number of nitro benzene ring substituents is 1. The summed E-state index contributed by atoms with van der Waals surface area (Å²) in [6.07, 6.45) is 5.06. The van der Waals surface area contributed by atoms with Crippen molar-refractivity contribution in [3.63, 3.8) is 0 Å². The number of nitrogens with one attached hydrogen (secondary N) is 1. The molecular formula is C20H17ClN2O4. The first-order chi connectivity index (χ1) is 13.0. The van der Waals surface area contributed by atoms with Gasteiger partial charge in [0.05, 0.1) is 23.6 Å². The molecule has 4 rings (SSSR count). The van der Waals surface area contributed by atoms with E-state index in [4.69, 9.17) is 16.3 Å². The number of carbonyl (C=O) groups is 1. The third-order valence-corrected chi connectivity index (χ3v) is 5.65. The van der Waals surface area contributed by atoms with Crippen molar-refractivity contribution in [2.24, 2.45) is 5.92 Å². The Bertz CT molecular complexity index is 972. The third kappa shape index (κ3) is 2.96. The number of methoxy groups -OCH3 is 1. The normalized spacial score (nSPS) is 22.5. The lowest BCUT2D eigenvalue weighted by Crippen LogP contribution is -2.29. The Morgan fingerprint density at radius 1 is 1.26 bits per heavy atom. The van der Waals surface area contributed by atoms with Crippen molar-refractivity contribution < 1.29 is 14.5 Å². The topological polar surface area (TPSA) is 81.5 Å². The van der Waals surface area contributed by atoms with Crippen molar-refractivity contribution in [1.29, 1.82) is 0 Å². The molecule has 1 aliphatic carbocycles. The molecule has 0 fully saturated rings. The van der Waals surface area contributed by atoms with Gasteiger partial charge in [-0.2, -0.15) is 0 Å². The van der Waals surface area contributed by atoms with Crippen LogP contribution in [0.4, 0.5) is 11.4 Å². The number of nitrogens with zero attached hydrogens (tertiary/aromatic N) is 1. The summed E-state index contributed by atoms with van der Waals surface area (Å²) in [7, 11) is 1.36. The fraction of sp³-hybridized carbons (Fsp3) is 0.250. The van der Waals surface area contributed by atoms with Crippen LogP contribution in [0, 0.1) is 16.0 Å². The monoisotopic (exact) mass is 384 g/mol. The van der Waals surface area contributed by atoms with Gasteiger partial charge >= 0.3 is 5.97 Å². The van der Waals surface area contributed by atoms with Gasteiger partial charge < -0.3 is 10.1 Å². The minimum absolute atomic E-state index is 0.0190. The largest absolute Gasteiger partial charge is 0.465 e. The molecule has 6 nitrogen and oxygen atoms in total. The summed E-state index contributed by atoms with van der Waals surface area (Å²) >= 11 is 6.39. The lowest BCUT2D eigenvalue weighted by Gasteiger charge is -2.38. The van der Waals surface area contributed by atoms with Crippen molar-refractivity contribution in [3.05, 3.63) is 80.4 Å². The molecule has 0 aromatic heterocycles. The van der Waals surface area contributed by atoms with E-state index in [1.165, 1.54) is 13.2 Å². The molecule has 7 heteroatoms. The second kappa shape index (κ2) is 6.70. The number of ether oxygens (including phenoxy) is 1. The van der Waals surface area contributed by atoms with Crippen LogP contribution in [0.5, 0.6) is 0 Å². The van der Waals surface area contributed by atoms with Crippen LogP contribution in [0.2, 0.25) is 5.02 Å². The molecule has 0 bridgehead atoms. The summed E-state index contributed by atoms with van der Waals surface area (Å²) in [6, 6.07) is 9.79. The Hall–Kier alpha value is -2.86. The van der Waals surface area contributed by atoms with Gasteiger partial charge in [-0.3, -0.25) is 10.1 Å². The molecule has 0 saturated heterocycles. The quantitative estimate of drug-likeness (QED) is 0.353. The zero-order chi connectivity index (χ0) is 19.1. The molecule has 3 atom stereocenters. The molecule has 27 heavy (non-hydrogen) atoms. The van der Waals surface area contributed by atoms with Crippen LogP contribution in [-0.2, 0) is 4.74 Å². The Morgan fingerprint density at radius 3 is 2.81 bits per heavy atom. The number of fused-ring (bicyclic) bond motifs is 3. The summed E-state index contributed by atoms with van der Waals surface area (Å²) in [5.74, 6) is -0.115. The minimum atomic E-state index is -0.413. The zero-order valence-corrected chi connectivity index (χ0v) is 15.3. The molecule has 2 aliphatic rings. The lowest BCUT2D eigenvalue weighted by molar-refractivity contribution is -0.384. The fourth-order valence-electron chi connectivity index (χ4n) is 4.03. The van der Waals surface area contributed by atoms with Crippen LogP contribution >= 0.6 is 11.6 Å². The number of esters is 1. The number of rotatable bonds is 3. The van der Waals surface area contributed by atoms with Crippen LogP contribution in [0.1, 0.15) is 39.9 Å². The first-order valence-electron chi connectivity index (χ1n) is 8.59. The highest BCUT2D eigenvalue weighted by molar-refractivity contribution is 6.31. The number of halogens is 1. The van der Waals surface area contributed by atoms with Crippen molar-refractivity contribution in [2.75, 3.05) is 12.4 Å². The van der Waals surface area contributed by atoms with Gasteiger partial charge in [0.15, 0.2) is 0 Å². The number of benzene rings is 2. The number of allylic oxidation sites excluding steroid dienone is 2. The maximum absolute atomic E-state index is 11.9. The number of hydrogen-bond acceptors (Lipinski definition) is 5. The van der Waals surface area contributed by atoms with Gasteiger partial charge in [-0.1, -0.05) is 23.8 Å². The first kappa shape index (κ1) is 17.5. The lowest BCUT2D eigenvalue weighted by atomic mass is 9.76. The summed E-state index contributed by atoms with van der Waals surface area (Å²) in [6.45, 7) is 0. The summed E-state index contributed by atoms with van der Waals surface area (Å²) in [4.78, 5) is 22.7. The van der Waals surface area contributed by atoms with E-state index in [0.29, 0.717) is 16.1 Å². The SMILES string of the molecule is COC(=O)c1ccc2c(c1)[C@@H]1C=CC[C@@H]1[C@@H](c1cc([N+](=O)[O-])ccc1Cl)N2.